The highest BCUT2D eigenvalue weighted by Crippen LogP contribution is 2.24. The molecule has 1 heterocycles. The molecule has 0 atom stereocenters. The lowest BCUT2D eigenvalue weighted by Gasteiger charge is -2.02. The monoisotopic (exact) mass is 220 g/mol. The summed E-state index contributed by atoms with van der Waals surface area (Å²) >= 11 is 0. The van der Waals surface area contributed by atoms with Crippen molar-refractivity contribution in [2.75, 3.05) is 0 Å². The van der Waals surface area contributed by atoms with E-state index in [1.807, 2.05) is 12.1 Å². The van der Waals surface area contributed by atoms with E-state index in [1.54, 1.807) is 12.5 Å². The van der Waals surface area contributed by atoms with E-state index in [0.717, 1.165) is 5.56 Å². The standard InChI is InChI=1S/C16H12O/c1-2-4-13(5-3-1)14-6-8-15(9-7-14)16-10-11-17-12-16/h1-12H. The van der Waals surface area contributed by atoms with Gasteiger partial charge in [-0.1, -0.05) is 54.6 Å². The Hall–Kier alpha value is -2.28. The van der Waals surface area contributed by atoms with Crippen LogP contribution in [0.3, 0.4) is 0 Å². The molecule has 0 fully saturated rings. The van der Waals surface area contributed by atoms with Gasteiger partial charge in [-0.15, -0.1) is 0 Å². The molecule has 1 heteroatoms. The first-order chi connectivity index (χ1) is 8.43. The minimum atomic E-state index is 1.12. The maximum Gasteiger partial charge on any atom is 0.0980 e. The largest absolute Gasteiger partial charge is 0.472 e. The van der Waals surface area contributed by atoms with Crippen molar-refractivity contribution >= 4 is 0 Å². The summed E-state index contributed by atoms with van der Waals surface area (Å²) in [6.07, 6.45) is 3.46. The topological polar surface area (TPSA) is 13.1 Å². The van der Waals surface area contributed by atoms with Crippen molar-refractivity contribution in [2.45, 2.75) is 0 Å². The molecule has 0 bridgehead atoms. The Morgan fingerprint density at radius 3 is 1.71 bits per heavy atom. The molecule has 82 valence electrons. The van der Waals surface area contributed by atoms with Crippen molar-refractivity contribution in [3.63, 3.8) is 0 Å². The first-order valence-electron chi connectivity index (χ1n) is 5.61. The zero-order valence-corrected chi connectivity index (χ0v) is 9.34. The van der Waals surface area contributed by atoms with Crippen LogP contribution in [0.4, 0.5) is 0 Å². The lowest BCUT2D eigenvalue weighted by atomic mass is 10.0. The summed E-state index contributed by atoms with van der Waals surface area (Å²) in [4.78, 5) is 0. The molecule has 3 aromatic rings. The third-order valence-corrected chi connectivity index (χ3v) is 2.85. The van der Waals surface area contributed by atoms with Crippen molar-refractivity contribution in [2.24, 2.45) is 0 Å². The molecule has 0 aliphatic heterocycles. The average Bonchev–Trinajstić information content (AvgIpc) is 2.94. The summed E-state index contributed by atoms with van der Waals surface area (Å²) in [6.45, 7) is 0. The predicted molar refractivity (Wildman–Crippen MR) is 69.6 cm³/mol. The van der Waals surface area contributed by atoms with Crippen LogP contribution in [0.2, 0.25) is 0 Å². The first kappa shape index (κ1) is 9.91. The highest BCUT2D eigenvalue weighted by Gasteiger charge is 2.00. The van der Waals surface area contributed by atoms with Crippen LogP contribution < -0.4 is 0 Å². The zero-order valence-electron chi connectivity index (χ0n) is 9.34. The van der Waals surface area contributed by atoms with Gasteiger partial charge in [0.1, 0.15) is 0 Å². The van der Waals surface area contributed by atoms with Crippen LogP contribution in [0.15, 0.2) is 77.6 Å². The Morgan fingerprint density at radius 1 is 0.529 bits per heavy atom. The smallest absolute Gasteiger partial charge is 0.0980 e. The number of rotatable bonds is 2. The predicted octanol–water partition coefficient (Wildman–Crippen LogP) is 4.61. The van der Waals surface area contributed by atoms with Gasteiger partial charge in [-0.2, -0.15) is 0 Å². The summed E-state index contributed by atoms with van der Waals surface area (Å²) < 4.78 is 5.08. The highest BCUT2D eigenvalue weighted by molar-refractivity contribution is 5.69. The molecule has 1 aromatic heterocycles. The summed E-state index contributed by atoms with van der Waals surface area (Å²) in [7, 11) is 0. The van der Waals surface area contributed by atoms with E-state index < -0.39 is 0 Å². The highest BCUT2D eigenvalue weighted by atomic mass is 16.3. The summed E-state index contributed by atoms with van der Waals surface area (Å²) in [6, 6.07) is 20.9. The third-order valence-electron chi connectivity index (χ3n) is 2.85. The minimum Gasteiger partial charge on any atom is -0.472 e. The van der Waals surface area contributed by atoms with Crippen LogP contribution in [0.25, 0.3) is 22.3 Å². The van der Waals surface area contributed by atoms with E-state index in [1.165, 1.54) is 16.7 Å². The van der Waals surface area contributed by atoms with Crippen LogP contribution in [0, 0.1) is 0 Å². The lowest BCUT2D eigenvalue weighted by Crippen LogP contribution is -1.78. The fourth-order valence-electron chi connectivity index (χ4n) is 1.91. The number of hydrogen-bond acceptors (Lipinski definition) is 1. The minimum absolute atomic E-state index is 1.12. The molecule has 1 nitrogen and oxygen atoms in total. The number of benzene rings is 2. The van der Waals surface area contributed by atoms with Gasteiger partial charge < -0.3 is 4.42 Å². The molecule has 0 N–H and O–H groups in total. The molecule has 3 rings (SSSR count). The Balaban J connectivity index is 1.96. The Kier molecular flexibility index (Phi) is 2.51. The third kappa shape index (κ3) is 2.00. The maximum absolute atomic E-state index is 5.08. The fourth-order valence-corrected chi connectivity index (χ4v) is 1.91. The van der Waals surface area contributed by atoms with Gasteiger partial charge in [-0.25, -0.2) is 0 Å². The molecule has 0 aliphatic rings. The summed E-state index contributed by atoms with van der Waals surface area (Å²) in [5.74, 6) is 0. The van der Waals surface area contributed by atoms with Crippen LogP contribution >= 0.6 is 0 Å². The van der Waals surface area contributed by atoms with E-state index >= 15 is 0 Å². The Labute approximate surface area is 100 Å². The molecule has 0 unspecified atom stereocenters. The van der Waals surface area contributed by atoms with E-state index in [2.05, 4.69) is 48.5 Å². The van der Waals surface area contributed by atoms with Crippen LogP contribution in [0.5, 0.6) is 0 Å². The molecule has 0 saturated carbocycles. The van der Waals surface area contributed by atoms with Gasteiger partial charge in [0.05, 0.1) is 12.5 Å². The van der Waals surface area contributed by atoms with Crippen LogP contribution in [-0.2, 0) is 0 Å². The van der Waals surface area contributed by atoms with Gasteiger partial charge in [0.15, 0.2) is 0 Å². The second kappa shape index (κ2) is 4.30. The normalized spacial score (nSPS) is 10.4. The van der Waals surface area contributed by atoms with Gasteiger partial charge in [-0.05, 0) is 22.8 Å². The van der Waals surface area contributed by atoms with Crippen LogP contribution in [0.1, 0.15) is 0 Å². The zero-order chi connectivity index (χ0) is 11.5. The van der Waals surface area contributed by atoms with Gasteiger partial charge in [0, 0.05) is 5.56 Å². The summed E-state index contributed by atoms with van der Waals surface area (Å²) in [5.41, 5.74) is 4.77. The average molecular weight is 220 g/mol. The molecule has 0 saturated heterocycles. The Bertz CT molecular complexity index is 577. The van der Waals surface area contributed by atoms with Crippen molar-refractivity contribution in [1.82, 2.24) is 0 Å². The maximum atomic E-state index is 5.08. The van der Waals surface area contributed by atoms with E-state index in [0.29, 0.717) is 0 Å². The van der Waals surface area contributed by atoms with E-state index in [9.17, 15) is 0 Å². The second-order valence-corrected chi connectivity index (χ2v) is 3.96. The second-order valence-electron chi connectivity index (χ2n) is 3.96. The summed E-state index contributed by atoms with van der Waals surface area (Å²) in [5, 5.41) is 0. The van der Waals surface area contributed by atoms with Crippen molar-refractivity contribution < 1.29 is 4.42 Å². The molecular formula is C16H12O. The lowest BCUT2D eigenvalue weighted by molar-refractivity contribution is 0.568. The van der Waals surface area contributed by atoms with Gasteiger partial charge in [-0.3, -0.25) is 0 Å². The van der Waals surface area contributed by atoms with Crippen LogP contribution in [-0.4, -0.2) is 0 Å². The fraction of sp³-hybridized carbons (Fsp3) is 0. The SMILES string of the molecule is c1ccc(-c2ccc(-c3ccoc3)cc2)cc1. The number of hydrogen-bond donors (Lipinski definition) is 0. The Morgan fingerprint density at radius 2 is 1.12 bits per heavy atom. The molecule has 0 amide bonds. The molecule has 17 heavy (non-hydrogen) atoms. The molecule has 0 spiro atoms. The first-order valence-corrected chi connectivity index (χ1v) is 5.61. The van der Waals surface area contributed by atoms with E-state index in [4.69, 9.17) is 4.42 Å². The molecule has 2 aromatic carbocycles. The quantitative estimate of drug-likeness (QED) is 0.614. The molecule has 0 aliphatic carbocycles. The molecular weight excluding hydrogens is 208 g/mol. The van der Waals surface area contributed by atoms with Gasteiger partial charge >= 0.3 is 0 Å². The van der Waals surface area contributed by atoms with Gasteiger partial charge in [0.25, 0.3) is 0 Å². The van der Waals surface area contributed by atoms with Crippen molar-refractivity contribution in [3.8, 4) is 22.3 Å². The number of furan rings is 1. The van der Waals surface area contributed by atoms with Crippen molar-refractivity contribution in [1.29, 1.82) is 0 Å². The van der Waals surface area contributed by atoms with E-state index in [-0.39, 0.29) is 0 Å². The van der Waals surface area contributed by atoms with Gasteiger partial charge in [0.2, 0.25) is 0 Å². The van der Waals surface area contributed by atoms with Crippen molar-refractivity contribution in [3.05, 3.63) is 73.2 Å². The molecule has 0 radical (unpaired) electrons.